The molecule has 9 unspecified atom stereocenters. The summed E-state index contributed by atoms with van der Waals surface area (Å²) in [6, 6.07) is 1.79. The van der Waals surface area contributed by atoms with Gasteiger partial charge in [0.15, 0.2) is 0 Å². The molecule has 0 spiro atoms. The molecule has 8 nitrogen and oxygen atoms in total. The molecule has 0 radical (unpaired) electrons. The lowest BCUT2D eigenvalue weighted by atomic mass is 9.71. The first kappa shape index (κ1) is 21.9. The number of hydrogen-bond acceptors (Lipinski definition) is 6. The zero-order valence-electron chi connectivity index (χ0n) is 21.0. The van der Waals surface area contributed by atoms with E-state index in [9.17, 15) is 0 Å². The molecule has 0 amide bonds. The van der Waals surface area contributed by atoms with E-state index in [0.717, 1.165) is 37.6 Å². The zero-order valence-corrected chi connectivity index (χ0v) is 21.0. The van der Waals surface area contributed by atoms with Crippen molar-refractivity contribution in [2.24, 2.45) is 5.92 Å². The molecule has 2 aromatic rings. The minimum absolute atomic E-state index is 0.313. The number of aromatic amines is 2. The molecular formula is C28H39N7O. The fraction of sp³-hybridized carbons (Fsp3) is 0.714. The van der Waals surface area contributed by atoms with Crippen LogP contribution >= 0.6 is 0 Å². The highest BCUT2D eigenvalue weighted by atomic mass is 16.5. The van der Waals surface area contributed by atoms with E-state index in [-0.39, 0.29) is 0 Å². The molecule has 8 heteroatoms. The Kier molecular flexibility index (Phi) is 5.29. The summed E-state index contributed by atoms with van der Waals surface area (Å²) in [6.07, 6.45) is 20.5. The molecule has 192 valence electrons. The quantitative estimate of drug-likeness (QED) is 0.522. The number of nitrogens with zero attached hydrogens (tertiary/aromatic N) is 3. The smallest absolute Gasteiger partial charge is 0.123 e. The molecule has 6 aliphatic rings. The van der Waals surface area contributed by atoms with Crippen LogP contribution < -0.4 is 10.6 Å². The third-order valence-electron chi connectivity index (χ3n) is 10.2. The van der Waals surface area contributed by atoms with E-state index in [2.05, 4.69) is 50.2 Å². The number of aromatic nitrogens is 4. The molecule has 2 aromatic heterocycles. The van der Waals surface area contributed by atoms with E-state index >= 15 is 0 Å². The number of ether oxygens (including phenoxy) is 1. The van der Waals surface area contributed by atoms with Crippen molar-refractivity contribution >= 4 is 0 Å². The topological polar surface area (TPSA) is 93.9 Å². The summed E-state index contributed by atoms with van der Waals surface area (Å²) in [6.45, 7) is 2.21. The summed E-state index contributed by atoms with van der Waals surface area (Å²) in [5.74, 6) is 3.81. The third kappa shape index (κ3) is 3.51. The molecule has 2 aliphatic carbocycles. The predicted molar refractivity (Wildman–Crippen MR) is 136 cm³/mol. The summed E-state index contributed by atoms with van der Waals surface area (Å²) < 4.78 is 6.94. The van der Waals surface area contributed by atoms with Crippen LogP contribution in [-0.2, 0) is 4.74 Å². The number of imidazole rings is 2. The van der Waals surface area contributed by atoms with Crippen LogP contribution in [0.2, 0.25) is 0 Å². The average molecular weight is 490 g/mol. The van der Waals surface area contributed by atoms with Crippen molar-refractivity contribution in [2.45, 2.75) is 106 Å². The van der Waals surface area contributed by atoms with Gasteiger partial charge in [0.05, 0.1) is 36.4 Å². The van der Waals surface area contributed by atoms with E-state index in [1.165, 1.54) is 56.3 Å². The lowest BCUT2D eigenvalue weighted by Gasteiger charge is -2.54. The van der Waals surface area contributed by atoms with E-state index < -0.39 is 0 Å². The van der Waals surface area contributed by atoms with Gasteiger partial charge in [0.1, 0.15) is 11.6 Å². The van der Waals surface area contributed by atoms with Gasteiger partial charge in [0, 0.05) is 41.5 Å². The van der Waals surface area contributed by atoms with Crippen molar-refractivity contribution in [3.05, 3.63) is 47.7 Å². The first-order valence-electron chi connectivity index (χ1n) is 14.5. The Morgan fingerprint density at radius 2 is 1.56 bits per heavy atom. The SMILES string of the molecule is C1=CN2C3CCC(c4cnc(C5CCCN5)[nH]4)CC3OC3CCC(c4cnc(C5CCCN5)[nH]4)C1C32. The van der Waals surface area contributed by atoms with Crippen molar-refractivity contribution in [1.29, 1.82) is 0 Å². The number of rotatable bonds is 4. The Bertz CT molecular complexity index is 1110. The molecule has 0 bridgehead atoms. The maximum atomic E-state index is 6.94. The number of nitrogens with one attached hydrogen (secondary N) is 4. The van der Waals surface area contributed by atoms with Gasteiger partial charge in [-0.3, -0.25) is 0 Å². The summed E-state index contributed by atoms with van der Waals surface area (Å²) in [4.78, 5) is 19.7. The Morgan fingerprint density at radius 1 is 0.806 bits per heavy atom. The molecule has 4 aliphatic heterocycles. The molecule has 3 saturated heterocycles. The fourth-order valence-corrected chi connectivity index (χ4v) is 8.37. The van der Waals surface area contributed by atoms with Crippen molar-refractivity contribution in [3.8, 4) is 0 Å². The van der Waals surface area contributed by atoms with Gasteiger partial charge in [-0.15, -0.1) is 0 Å². The van der Waals surface area contributed by atoms with Crippen LogP contribution in [0.15, 0.2) is 24.7 Å². The Morgan fingerprint density at radius 3 is 2.31 bits per heavy atom. The first-order chi connectivity index (χ1) is 17.8. The van der Waals surface area contributed by atoms with Gasteiger partial charge in [-0.25, -0.2) is 9.97 Å². The summed E-state index contributed by atoms with van der Waals surface area (Å²) >= 11 is 0. The minimum Gasteiger partial charge on any atom is -0.371 e. The zero-order chi connectivity index (χ0) is 23.6. The fourth-order valence-electron chi connectivity index (χ4n) is 8.37. The monoisotopic (exact) mass is 489 g/mol. The molecule has 4 N–H and O–H groups in total. The van der Waals surface area contributed by atoms with Crippen LogP contribution in [0.4, 0.5) is 0 Å². The average Bonchev–Trinajstić information content (AvgIpc) is 3.74. The van der Waals surface area contributed by atoms with Gasteiger partial charge in [0.25, 0.3) is 0 Å². The van der Waals surface area contributed by atoms with E-state index in [1.807, 2.05) is 0 Å². The lowest BCUT2D eigenvalue weighted by Crippen LogP contribution is -2.62. The van der Waals surface area contributed by atoms with Crippen LogP contribution in [-0.4, -0.2) is 62.2 Å². The van der Waals surface area contributed by atoms with Crippen molar-refractivity contribution < 1.29 is 4.74 Å². The van der Waals surface area contributed by atoms with E-state index in [4.69, 9.17) is 14.7 Å². The number of hydrogen-bond donors (Lipinski definition) is 4. The predicted octanol–water partition coefficient (Wildman–Crippen LogP) is 3.78. The third-order valence-corrected chi connectivity index (χ3v) is 10.2. The molecule has 5 fully saturated rings. The van der Waals surface area contributed by atoms with Crippen LogP contribution in [0.5, 0.6) is 0 Å². The Labute approximate surface area is 213 Å². The second-order valence-corrected chi connectivity index (χ2v) is 12.1. The Balaban J connectivity index is 0.972. The van der Waals surface area contributed by atoms with Gasteiger partial charge < -0.3 is 30.2 Å². The Hall–Kier alpha value is -2.16. The molecule has 36 heavy (non-hydrogen) atoms. The van der Waals surface area contributed by atoms with Gasteiger partial charge in [-0.05, 0) is 77.1 Å². The molecule has 8 rings (SSSR count). The summed E-state index contributed by atoms with van der Waals surface area (Å²) in [5.41, 5.74) is 2.64. The number of morpholine rings is 1. The van der Waals surface area contributed by atoms with E-state index in [0.29, 0.717) is 54.1 Å². The number of H-pyrrole nitrogens is 2. The molecule has 0 aromatic carbocycles. The highest BCUT2D eigenvalue weighted by molar-refractivity contribution is 5.24. The minimum atomic E-state index is 0.313. The maximum Gasteiger partial charge on any atom is 0.123 e. The van der Waals surface area contributed by atoms with Crippen LogP contribution in [0.25, 0.3) is 0 Å². The second kappa shape index (κ2) is 8.71. The van der Waals surface area contributed by atoms with E-state index in [1.54, 1.807) is 0 Å². The number of fused-ring (bicyclic) bond motifs is 2. The standard InChI is InChI=1S/C28H39N7O/c1-3-19(29-10-1)27-31-14-21(33-27)16-5-7-23-25(13-16)36-24-8-6-17(18-9-12-35(23)26(18)24)22-15-32-28(34-22)20-4-2-11-30-20/h9,12,14-20,23-26,29-30H,1-8,10-11,13H2,(H,31,33)(H,32,34). The van der Waals surface area contributed by atoms with Crippen molar-refractivity contribution in [1.82, 2.24) is 35.5 Å². The maximum absolute atomic E-state index is 6.94. The molecule has 6 heterocycles. The van der Waals surface area contributed by atoms with Crippen LogP contribution in [0.1, 0.15) is 105 Å². The van der Waals surface area contributed by atoms with Gasteiger partial charge in [0.2, 0.25) is 0 Å². The second-order valence-electron chi connectivity index (χ2n) is 12.1. The normalized spacial score (nSPS) is 41.6. The molecule has 9 atom stereocenters. The lowest BCUT2D eigenvalue weighted by molar-refractivity contribution is -0.168. The summed E-state index contributed by atoms with van der Waals surface area (Å²) in [7, 11) is 0. The van der Waals surface area contributed by atoms with Crippen LogP contribution in [0.3, 0.4) is 0 Å². The summed E-state index contributed by atoms with van der Waals surface area (Å²) in [5, 5.41) is 7.16. The highest BCUT2D eigenvalue weighted by Gasteiger charge is 2.53. The first-order valence-corrected chi connectivity index (χ1v) is 14.5. The van der Waals surface area contributed by atoms with Crippen LogP contribution in [0, 0.1) is 5.92 Å². The van der Waals surface area contributed by atoms with Crippen molar-refractivity contribution in [2.75, 3.05) is 13.1 Å². The van der Waals surface area contributed by atoms with Gasteiger partial charge >= 0.3 is 0 Å². The molecule has 2 saturated carbocycles. The molecular weight excluding hydrogens is 450 g/mol. The highest BCUT2D eigenvalue weighted by Crippen LogP contribution is 2.51. The van der Waals surface area contributed by atoms with Crippen molar-refractivity contribution in [3.63, 3.8) is 0 Å². The van der Waals surface area contributed by atoms with Gasteiger partial charge in [-0.1, -0.05) is 6.08 Å². The largest absolute Gasteiger partial charge is 0.371 e. The van der Waals surface area contributed by atoms with Gasteiger partial charge in [-0.2, -0.15) is 0 Å².